The fraction of sp³-hybridized carbons (Fsp3) is 0.667. The second-order valence-electron chi connectivity index (χ2n) is 5.55. The van der Waals surface area contributed by atoms with Crippen molar-refractivity contribution >= 4 is 17.3 Å². The van der Waals surface area contributed by atoms with Crippen molar-refractivity contribution in [2.75, 3.05) is 24.3 Å². The first-order chi connectivity index (χ1) is 8.70. The Labute approximate surface area is 113 Å². The highest BCUT2D eigenvalue weighted by Gasteiger charge is 2.31. The number of hydrogen-bond acceptors (Lipinski definition) is 6. The number of hydrogen-bond donors (Lipinski definition) is 1. The minimum Gasteiger partial charge on any atom is -0.367 e. The third-order valence-electron chi connectivity index (χ3n) is 3.39. The van der Waals surface area contributed by atoms with Gasteiger partial charge in [0, 0.05) is 20.1 Å². The monoisotopic (exact) mass is 267 g/mol. The zero-order valence-corrected chi connectivity index (χ0v) is 12.3. The van der Waals surface area contributed by atoms with Crippen molar-refractivity contribution in [3.05, 3.63) is 16.4 Å². The molecular formula is C12H21N5O2. The third-order valence-corrected chi connectivity index (χ3v) is 3.39. The van der Waals surface area contributed by atoms with E-state index < -0.39 is 4.92 Å². The van der Waals surface area contributed by atoms with Crippen LogP contribution in [0.5, 0.6) is 0 Å². The van der Waals surface area contributed by atoms with Crippen molar-refractivity contribution < 1.29 is 4.92 Å². The molecule has 0 radical (unpaired) electrons. The zero-order chi connectivity index (χ0) is 14.8. The molecule has 1 heterocycles. The summed E-state index contributed by atoms with van der Waals surface area (Å²) in [7, 11) is 3.41. The van der Waals surface area contributed by atoms with Gasteiger partial charge in [-0.25, -0.2) is 9.97 Å². The topological polar surface area (TPSA) is 84.2 Å². The maximum absolute atomic E-state index is 11.2. The van der Waals surface area contributed by atoms with Gasteiger partial charge in [-0.15, -0.1) is 0 Å². The molecule has 7 nitrogen and oxygen atoms in total. The highest BCUT2D eigenvalue weighted by molar-refractivity contribution is 5.70. The van der Waals surface area contributed by atoms with Gasteiger partial charge in [-0.2, -0.15) is 0 Å². The fourth-order valence-electron chi connectivity index (χ4n) is 1.74. The Hall–Kier alpha value is -1.92. The molecule has 1 unspecified atom stereocenters. The van der Waals surface area contributed by atoms with Crippen LogP contribution in [0.1, 0.15) is 27.7 Å². The molecule has 0 fully saturated rings. The molecule has 1 atom stereocenters. The predicted molar refractivity (Wildman–Crippen MR) is 75.6 cm³/mol. The standard InChI is InChI=1S/C12H21N5O2/c1-8(12(2,3)4)16(6)11-9(17(18)19)10(13-5)14-7-15-11/h7-8H,1-6H3,(H,13,14,15). The van der Waals surface area contributed by atoms with E-state index in [1.165, 1.54) is 6.33 Å². The Balaban J connectivity index is 3.31. The molecule has 1 N–H and O–H groups in total. The van der Waals surface area contributed by atoms with Gasteiger partial charge in [0.25, 0.3) is 0 Å². The van der Waals surface area contributed by atoms with Gasteiger partial charge in [0.05, 0.1) is 4.92 Å². The van der Waals surface area contributed by atoms with Crippen molar-refractivity contribution in [2.45, 2.75) is 33.7 Å². The number of aromatic nitrogens is 2. The molecular weight excluding hydrogens is 246 g/mol. The van der Waals surface area contributed by atoms with Gasteiger partial charge in [-0.3, -0.25) is 10.1 Å². The third kappa shape index (κ3) is 3.10. The molecule has 0 saturated carbocycles. The van der Waals surface area contributed by atoms with Gasteiger partial charge < -0.3 is 10.2 Å². The van der Waals surface area contributed by atoms with Crippen LogP contribution in [0.3, 0.4) is 0 Å². The molecule has 0 aliphatic rings. The van der Waals surface area contributed by atoms with Crippen LogP contribution in [0.25, 0.3) is 0 Å². The molecule has 0 bridgehead atoms. The largest absolute Gasteiger partial charge is 0.367 e. The smallest absolute Gasteiger partial charge is 0.353 e. The first-order valence-corrected chi connectivity index (χ1v) is 6.10. The van der Waals surface area contributed by atoms with Gasteiger partial charge in [-0.05, 0) is 12.3 Å². The maximum Gasteiger partial charge on any atom is 0.353 e. The van der Waals surface area contributed by atoms with Crippen LogP contribution in [-0.4, -0.2) is 35.0 Å². The first kappa shape index (κ1) is 15.1. The maximum atomic E-state index is 11.2. The molecule has 0 spiro atoms. The Morgan fingerprint density at radius 1 is 1.42 bits per heavy atom. The average Bonchev–Trinajstić information content (AvgIpc) is 2.34. The van der Waals surface area contributed by atoms with Crippen molar-refractivity contribution in [1.29, 1.82) is 0 Å². The highest BCUT2D eigenvalue weighted by Crippen LogP contribution is 2.34. The highest BCUT2D eigenvalue weighted by atomic mass is 16.6. The molecule has 1 aromatic heterocycles. The first-order valence-electron chi connectivity index (χ1n) is 6.10. The zero-order valence-electron chi connectivity index (χ0n) is 12.3. The predicted octanol–water partition coefficient (Wildman–Crippen LogP) is 2.30. The quantitative estimate of drug-likeness (QED) is 0.665. The van der Waals surface area contributed by atoms with E-state index in [0.29, 0.717) is 5.82 Å². The molecule has 0 aliphatic carbocycles. The normalized spacial score (nSPS) is 12.9. The lowest BCUT2D eigenvalue weighted by Crippen LogP contribution is -2.40. The van der Waals surface area contributed by atoms with Crippen LogP contribution in [0.4, 0.5) is 17.3 Å². The molecule has 0 aliphatic heterocycles. The summed E-state index contributed by atoms with van der Waals surface area (Å²) in [6.07, 6.45) is 1.33. The van der Waals surface area contributed by atoms with E-state index in [1.807, 2.05) is 18.9 Å². The number of nitrogens with zero attached hydrogens (tertiary/aromatic N) is 4. The summed E-state index contributed by atoms with van der Waals surface area (Å²) in [5.74, 6) is 0.551. The lowest BCUT2D eigenvalue weighted by atomic mass is 9.87. The van der Waals surface area contributed by atoms with E-state index in [-0.39, 0.29) is 23.0 Å². The molecule has 0 saturated heterocycles. The summed E-state index contributed by atoms with van der Waals surface area (Å²) in [6.45, 7) is 8.27. The van der Waals surface area contributed by atoms with E-state index in [4.69, 9.17) is 0 Å². The molecule has 1 rings (SSSR count). The molecule has 106 valence electrons. The summed E-state index contributed by atoms with van der Waals surface area (Å²) >= 11 is 0. The number of rotatable bonds is 4. The van der Waals surface area contributed by atoms with E-state index in [0.717, 1.165) is 0 Å². The van der Waals surface area contributed by atoms with Gasteiger partial charge in [0.1, 0.15) is 6.33 Å². The fourth-order valence-corrected chi connectivity index (χ4v) is 1.74. The second-order valence-corrected chi connectivity index (χ2v) is 5.55. The Kier molecular flexibility index (Phi) is 4.28. The van der Waals surface area contributed by atoms with Crippen molar-refractivity contribution in [1.82, 2.24) is 9.97 Å². The summed E-state index contributed by atoms with van der Waals surface area (Å²) < 4.78 is 0. The molecule has 7 heteroatoms. The lowest BCUT2D eigenvalue weighted by Gasteiger charge is -2.35. The van der Waals surface area contributed by atoms with E-state index in [1.54, 1.807) is 7.05 Å². The van der Waals surface area contributed by atoms with Crippen LogP contribution in [0.2, 0.25) is 0 Å². The van der Waals surface area contributed by atoms with Crippen LogP contribution in [0, 0.1) is 15.5 Å². The Bertz CT molecular complexity index is 470. The summed E-state index contributed by atoms with van der Waals surface area (Å²) in [5.41, 5.74) is -0.114. The van der Waals surface area contributed by atoms with Crippen LogP contribution in [0.15, 0.2) is 6.33 Å². The van der Waals surface area contributed by atoms with Crippen LogP contribution in [-0.2, 0) is 0 Å². The molecule has 0 aromatic carbocycles. The van der Waals surface area contributed by atoms with Crippen LogP contribution >= 0.6 is 0 Å². The van der Waals surface area contributed by atoms with Crippen LogP contribution < -0.4 is 10.2 Å². The van der Waals surface area contributed by atoms with Crippen molar-refractivity contribution in [3.8, 4) is 0 Å². The summed E-state index contributed by atoms with van der Waals surface area (Å²) in [5, 5.41) is 14.0. The minimum atomic E-state index is -0.451. The summed E-state index contributed by atoms with van der Waals surface area (Å²) in [4.78, 5) is 20.6. The number of nitrogens with one attached hydrogen (secondary N) is 1. The van der Waals surface area contributed by atoms with Gasteiger partial charge in [0.15, 0.2) is 0 Å². The number of anilines is 2. The van der Waals surface area contributed by atoms with Gasteiger partial charge >= 0.3 is 5.69 Å². The summed E-state index contributed by atoms with van der Waals surface area (Å²) in [6, 6.07) is 0.0887. The van der Waals surface area contributed by atoms with Crippen molar-refractivity contribution in [2.24, 2.45) is 5.41 Å². The second kappa shape index (κ2) is 5.38. The lowest BCUT2D eigenvalue weighted by molar-refractivity contribution is -0.383. The molecule has 0 amide bonds. The average molecular weight is 267 g/mol. The minimum absolute atomic E-state index is 0.0205. The van der Waals surface area contributed by atoms with Crippen molar-refractivity contribution in [3.63, 3.8) is 0 Å². The number of nitro groups is 1. The molecule has 19 heavy (non-hydrogen) atoms. The van der Waals surface area contributed by atoms with Gasteiger partial charge in [-0.1, -0.05) is 20.8 Å². The molecule has 1 aromatic rings. The van der Waals surface area contributed by atoms with E-state index in [9.17, 15) is 10.1 Å². The van der Waals surface area contributed by atoms with Gasteiger partial charge in [0.2, 0.25) is 11.6 Å². The Morgan fingerprint density at radius 2 is 2.00 bits per heavy atom. The van der Waals surface area contributed by atoms with E-state index in [2.05, 4.69) is 36.1 Å². The SMILES string of the molecule is CNc1ncnc(N(C)C(C)C(C)(C)C)c1[N+](=O)[O-]. The van der Waals surface area contributed by atoms with E-state index >= 15 is 0 Å². The Morgan fingerprint density at radius 3 is 2.42 bits per heavy atom.